The molecule has 1 aromatic heterocycles. The number of aryl methyl sites for hydroxylation is 1. The van der Waals surface area contributed by atoms with Crippen LogP contribution < -0.4 is 10.6 Å². The number of rotatable bonds is 10. The number of nitrogens with zero attached hydrogens (tertiary/aromatic N) is 4. The van der Waals surface area contributed by atoms with Gasteiger partial charge in [-0.2, -0.15) is 0 Å². The maximum atomic E-state index is 12.1. The first-order valence-corrected chi connectivity index (χ1v) is 10.5. The zero-order chi connectivity index (χ0) is 18.9. The van der Waals surface area contributed by atoms with Gasteiger partial charge in [0.25, 0.3) is 0 Å². The molecule has 0 radical (unpaired) electrons. The Balaban J connectivity index is 1.79. The number of benzene rings is 1. The van der Waals surface area contributed by atoms with Crippen LogP contribution >= 0.6 is 23.5 Å². The van der Waals surface area contributed by atoms with Gasteiger partial charge in [-0.15, -0.1) is 10.2 Å². The fourth-order valence-corrected chi connectivity index (χ4v) is 3.75. The molecule has 0 unspecified atom stereocenters. The number of carbonyl (C=O) groups is 1. The molecular weight excluding hydrogens is 370 g/mol. The number of amides is 1. The van der Waals surface area contributed by atoms with Crippen LogP contribution in [0.1, 0.15) is 19.4 Å². The Morgan fingerprint density at radius 2 is 1.85 bits per heavy atom. The highest BCUT2D eigenvalue weighted by Gasteiger charge is 2.15. The summed E-state index contributed by atoms with van der Waals surface area (Å²) in [7, 11) is 0. The molecule has 0 aliphatic carbocycles. The zero-order valence-electron chi connectivity index (χ0n) is 15.3. The largest absolute Gasteiger partial charge is 0.492 e. The summed E-state index contributed by atoms with van der Waals surface area (Å²) in [6, 6.07) is 7.90. The first kappa shape index (κ1) is 20.4. The van der Waals surface area contributed by atoms with Crippen LogP contribution in [-0.2, 0) is 4.79 Å². The zero-order valence-corrected chi connectivity index (χ0v) is 17.0. The first-order valence-electron chi connectivity index (χ1n) is 8.49. The maximum Gasteiger partial charge on any atom is 0.233 e. The average molecular weight is 396 g/mol. The van der Waals surface area contributed by atoms with E-state index in [-0.39, 0.29) is 5.91 Å². The third kappa shape index (κ3) is 5.57. The first-order chi connectivity index (χ1) is 12.6. The predicted molar refractivity (Wildman–Crippen MR) is 106 cm³/mol. The van der Waals surface area contributed by atoms with Gasteiger partial charge < -0.3 is 15.5 Å². The molecular formula is C17H25N5O2S2. The minimum atomic E-state index is 0.0730. The number of nitrogens with two attached hydrogens (primary N) is 1. The van der Waals surface area contributed by atoms with Crippen LogP contribution in [0, 0.1) is 6.92 Å². The third-order valence-electron chi connectivity index (χ3n) is 3.74. The van der Waals surface area contributed by atoms with E-state index >= 15 is 0 Å². The van der Waals surface area contributed by atoms with Crippen molar-refractivity contribution in [1.29, 1.82) is 0 Å². The molecule has 0 fully saturated rings. The molecule has 0 saturated heterocycles. The number of aromatic nitrogens is 3. The molecule has 0 spiro atoms. The summed E-state index contributed by atoms with van der Waals surface area (Å²) >= 11 is 2.77. The van der Waals surface area contributed by atoms with Crippen LogP contribution in [0.15, 0.2) is 34.6 Å². The van der Waals surface area contributed by atoms with E-state index in [2.05, 4.69) is 10.2 Å². The Kier molecular flexibility index (Phi) is 8.11. The third-order valence-corrected chi connectivity index (χ3v) is 5.57. The Morgan fingerprint density at radius 1 is 1.19 bits per heavy atom. The van der Waals surface area contributed by atoms with Crippen LogP contribution in [0.3, 0.4) is 0 Å². The molecule has 0 aliphatic rings. The number of hydrogen-bond donors (Lipinski definition) is 1. The van der Waals surface area contributed by atoms with Gasteiger partial charge in [-0.05, 0) is 32.4 Å². The van der Waals surface area contributed by atoms with E-state index in [4.69, 9.17) is 10.6 Å². The lowest BCUT2D eigenvalue weighted by molar-refractivity contribution is -0.127. The molecule has 2 N–H and O–H groups in total. The number of hydrogen-bond acceptors (Lipinski definition) is 7. The summed E-state index contributed by atoms with van der Waals surface area (Å²) in [6.07, 6.45) is 0. The van der Waals surface area contributed by atoms with Crippen molar-refractivity contribution in [3.8, 4) is 5.75 Å². The Labute approximate surface area is 162 Å². The minimum absolute atomic E-state index is 0.0730. The maximum absolute atomic E-state index is 12.1. The van der Waals surface area contributed by atoms with E-state index in [1.165, 1.54) is 28.2 Å². The smallest absolute Gasteiger partial charge is 0.233 e. The number of thioether (sulfide) groups is 2. The molecule has 1 amide bonds. The van der Waals surface area contributed by atoms with Crippen molar-refractivity contribution in [3.05, 3.63) is 29.8 Å². The van der Waals surface area contributed by atoms with Crippen molar-refractivity contribution in [2.24, 2.45) is 0 Å². The SMILES string of the molecule is CCN(CC)C(=O)CSc1nnc(SCCOc2ccccc2C)n1N. The van der Waals surface area contributed by atoms with Gasteiger partial charge >= 0.3 is 0 Å². The van der Waals surface area contributed by atoms with Gasteiger partial charge in [-0.25, -0.2) is 4.68 Å². The van der Waals surface area contributed by atoms with Crippen LogP contribution in [0.25, 0.3) is 0 Å². The fraction of sp³-hybridized carbons (Fsp3) is 0.471. The van der Waals surface area contributed by atoms with Gasteiger partial charge in [0.15, 0.2) is 0 Å². The van der Waals surface area contributed by atoms with Crippen LogP contribution in [0.4, 0.5) is 0 Å². The molecule has 0 saturated carbocycles. The monoisotopic (exact) mass is 395 g/mol. The van der Waals surface area contributed by atoms with E-state index in [9.17, 15) is 4.79 Å². The van der Waals surface area contributed by atoms with Crippen molar-refractivity contribution in [2.75, 3.05) is 37.0 Å². The molecule has 142 valence electrons. The van der Waals surface area contributed by atoms with Gasteiger partial charge in [0, 0.05) is 18.8 Å². The van der Waals surface area contributed by atoms with Gasteiger partial charge in [-0.3, -0.25) is 4.79 Å². The average Bonchev–Trinajstić information content (AvgIpc) is 2.99. The number of carbonyl (C=O) groups excluding carboxylic acids is 1. The fourth-order valence-electron chi connectivity index (χ4n) is 2.26. The van der Waals surface area contributed by atoms with Gasteiger partial charge in [-0.1, -0.05) is 41.7 Å². The van der Waals surface area contributed by atoms with E-state index in [0.717, 1.165) is 11.3 Å². The van der Waals surface area contributed by atoms with Crippen LogP contribution in [0.5, 0.6) is 5.75 Å². The topological polar surface area (TPSA) is 86.3 Å². The highest BCUT2D eigenvalue weighted by atomic mass is 32.2. The lowest BCUT2D eigenvalue weighted by Gasteiger charge is -2.17. The van der Waals surface area contributed by atoms with Crippen molar-refractivity contribution in [2.45, 2.75) is 31.1 Å². The van der Waals surface area contributed by atoms with Crippen molar-refractivity contribution >= 4 is 29.4 Å². The lowest BCUT2D eigenvalue weighted by Crippen LogP contribution is -2.32. The highest BCUT2D eigenvalue weighted by molar-refractivity contribution is 8.00. The molecule has 1 aromatic carbocycles. The van der Waals surface area contributed by atoms with E-state index in [1.807, 2.05) is 45.0 Å². The molecule has 0 atom stereocenters. The molecule has 26 heavy (non-hydrogen) atoms. The van der Waals surface area contributed by atoms with Gasteiger partial charge in [0.05, 0.1) is 12.4 Å². The van der Waals surface area contributed by atoms with Gasteiger partial charge in [0.2, 0.25) is 16.2 Å². The lowest BCUT2D eigenvalue weighted by atomic mass is 10.2. The second kappa shape index (κ2) is 10.3. The summed E-state index contributed by atoms with van der Waals surface area (Å²) in [6.45, 7) is 7.89. The van der Waals surface area contributed by atoms with Crippen molar-refractivity contribution < 1.29 is 9.53 Å². The summed E-state index contributed by atoms with van der Waals surface area (Å²) < 4.78 is 7.19. The van der Waals surface area contributed by atoms with E-state index < -0.39 is 0 Å². The summed E-state index contributed by atoms with van der Waals surface area (Å²) in [5.41, 5.74) is 1.11. The quantitative estimate of drug-likeness (QED) is 0.376. The predicted octanol–water partition coefficient (Wildman–Crippen LogP) is 2.43. The normalized spacial score (nSPS) is 10.7. The van der Waals surface area contributed by atoms with E-state index in [1.54, 1.807) is 4.90 Å². The van der Waals surface area contributed by atoms with Crippen molar-refractivity contribution in [3.63, 3.8) is 0 Å². The molecule has 0 bridgehead atoms. The molecule has 7 nitrogen and oxygen atoms in total. The molecule has 0 aliphatic heterocycles. The number of nitrogen functional groups attached to an aromatic ring is 1. The number of ether oxygens (including phenoxy) is 1. The Hall–Kier alpha value is -1.87. The Bertz CT molecular complexity index is 719. The Morgan fingerprint density at radius 3 is 2.50 bits per heavy atom. The molecule has 2 aromatic rings. The highest BCUT2D eigenvalue weighted by Crippen LogP contribution is 2.22. The second-order valence-corrected chi connectivity index (χ2v) is 7.46. The number of para-hydroxylation sites is 1. The van der Waals surface area contributed by atoms with Crippen LogP contribution in [-0.4, -0.2) is 56.9 Å². The minimum Gasteiger partial charge on any atom is -0.492 e. The summed E-state index contributed by atoms with van der Waals surface area (Å²) in [4.78, 5) is 13.8. The van der Waals surface area contributed by atoms with Gasteiger partial charge in [0.1, 0.15) is 5.75 Å². The second-order valence-electron chi connectivity index (χ2n) is 5.45. The summed E-state index contributed by atoms with van der Waals surface area (Å²) in [5.74, 6) is 7.99. The molecule has 1 heterocycles. The standard InChI is InChI=1S/C17H25N5O2S2/c1-4-21(5-2)15(23)12-26-17-20-19-16(22(17)18)25-11-10-24-14-9-7-6-8-13(14)3/h6-9H,4-5,10-12,18H2,1-3H3. The van der Waals surface area contributed by atoms with Crippen molar-refractivity contribution in [1.82, 2.24) is 19.8 Å². The molecule has 9 heteroatoms. The molecule has 2 rings (SSSR count). The van der Waals surface area contributed by atoms with Crippen LogP contribution in [0.2, 0.25) is 0 Å². The summed E-state index contributed by atoms with van der Waals surface area (Å²) in [5, 5.41) is 9.30. The van der Waals surface area contributed by atoms with E-state index in [0.29, 0.717) is 41.5 Å².